The largest absolute Gasteiger partial charge is 0.351 e. The van der Waals surface area contributed by atoms with E-state index in [9.17, 15) is 4.79 Å². The summed E-state index contributed by atoms with van der Waals surface area (Å²) in [5.41, 5.74) is 1.15. The first-order valence-electron chi connectivity index (χ1n) is 4.43. The maximum absolute atomic E-state index is 11.5. The molecule has 2 nitrogen and oxygen atoms in total. The van der Waals surface area contributed by atoms with Gasteiger partial charge in [-0.25, -0.2) is 0 Å². The van der Waals surface area contributed by atoms with E-state index in [1.807, 2.05) is 18.4 Å². The zero-order valence-corrected chi connectivity index (χ0v) is 9.07. The minimum absolute atomic E-state index is 0.0480. The first kappa shape index (κ1) is 10.3. The quantitative estimate of drug-likeness (QED) is 0.792. The number of rotatable bonds is 3. The van der Waals surface area contributed by atoms with Gasteiger partial charge in [0.1, 0.15) is 0 Å². The molecule has 1 amide bonds. The Morgan fingerprint density at radius 3 is 2.77 bits per heavy atom. The first-order chi connectivity index (χ1) is 6.09. The average Bonchev–Trinajstić information content (AvgIpc) is 2.47. The third kappa shape index (κ3) is 3.19. The molecule has 0 fully saturated rings. The zero-order chi connectivity index (χ0) is 9.84. The van der Waals surface area contributed by atoms with Gasteiger partial charge < -0.3 is 5.32 Å². The number of hydrogen-bond acceptors (Lipinski definition) is 2. The summed E-state index contributed by atoms with van der Waals surface area (Å²) >= 11 is 1.50. The van der Waals surface area contributed by atoms with Crippen LogP contribution in [0.5, 0.6) is 0 Å². The molecular weight excluding hydrogens is 182 g/mol. The van der Waals surface area contributed by atoms with Crippen molar-refractivity contribution < 1.29 is 4.79 Å². The molecule has 0 radical (unpaired) electrons. The van der Waals surface area contributed by atoms with E-state index in [0.717, 1.165) is 17.0 Å². The van der Waals surface area contributed by atoms with Crippen LogP contribution in [0.25, 0.3) is 0 Å². The summed E-state index contributed by atoms with van der Waals surface area (Å²) in [6.07, 6.45) is 0. The molecule has 0 aliphatic rings. The minimum Gasteiger partial charge on any atom is -0.351 e. The number of amides is 1. The van der Waals surface area contributed by atoms with Crippen molar-refractivity contribution in [3.05, 3.63) is 21.9 Å². The summed E-state index contributed by atoms with van der Waals surface area (Å²) in [7, 11) is 0. The molecule has 1 aromatic heterocycles. The SMILES string of the molecule is Cc1csc(C(=O)NCC(C)C)c1. The molecule has 0 saturated heterocycles. The van der Waals surface area contributed by atoms with E-state index in [4.69, 9.17) is 0 Å². The Labute approximate surface area is 83.0 Å². The highest BCUT2D eigenvalue weighted by molar-refractivity contribution is 7.12. The van der Waals surface area contributed by atoms with Gasteiger partial charge in [0.2, 0.25) is 0 Å². The van der Waals surface area contributed by atoms with Crippen molar-refractivity contribution in [3.8, 4) is 0 Å². The fourth-order valence-corrected chi connectivity index (χ4v) is 1.75. The minimum atomic E-state index is 0.0480. The Hall–Kier alpha value is -0.830. The summed E-state index contributed by atoms with van der Waals surface area (Å²) in [6.45, 7) is 6.91. The Morgan fingerprint density at radius 1 is 1.62 bits per heavy atom. The van der Waals surface area contributed by atoms with Gasteiger partial charge in [-0.1, -0.05) is 13.8 Å². The highest BCUT2D eigenvalue weighted by Gasteiger charge is 2.07. The molecule has 0 aromatic carbocycles. The van der Waals surface area contributed by atoms with E-state index in [2.05, 4.69) is 19.2 Å². The smallest absolute Gasteiger partial charge is 0.261 e. The van der Waals surface area contributed by atoms with Crippen molar-refractivity contribution in [3.63, 3.8) is 0 Å². The normalized spacial score (nSPS) is 10.5. The lowest BCUT2D eigenvalue weighted by molar-refractivity contribution is 0.0953. The van der Waals surface area contributed by atoms with Crippen molar-refractivity contribution in [2.45, 2.75) is 20.8 Å². The van der Waals surface area contributed by atoms with Crippen LogP contribution in [0, 0.1) is 12.8 Å². The van der Waals surface area contributed by atoms with Crippen LogP contribution in [0.15, 0.2) is 11.4 Å². The van der Waals surface area contributed by atoms with Gasteiger partial charge in [0.15, 0.2) is 0 Å². The molecule has 1 aromatic rings. The van der Waals surface area contributed by atoms with Gasteiger partial charge in [0, 0.05) is 6.54 Å². The van der Waals surface area contributed by atoms with Crippen molar-refractivity contribution >= 4 is 17.2 Å². The van der Waals surface area contributed by atoms with E-state index >= 15 is 0 Å². The molecule has 0 spiro atoms. The maximum Gasteiger partial charge on any atom is 0.261 e. The van der Waals surface area contributed by atoms with E-state index in [0.29, 0.717) is 5.92 Å². The molecule has 72 valence electrons. The fourth-order valence-electron chi connectivity index (χ4n) is 0.934. The molecule has 0 aliphatic carbocycles. The molecule has 0 aliphatic heterocycles. The topological polar surface area (TPSA) is 29.1 Å². The molecule has 1 rings (SSSR count). The predicted octanol–water partition coefficient (Wildman–Crippen LogP) is 2.44. The van der Waals surface area contributed by atoms with Crippen molar-refractivity contribution in [1.82, 2.24) is 5.32 Å². The lowest BCUT2D eigenvalue weighted by Gasteiger charge is -2.05. The molecule has 0 saturated carbocycles. The highest BCUT2D eigenvalue weighted by Crippen LogP contribution is 2.13. The maximum atomic E-state index is 11.5. The van der Waals surface area contributed by atoms with Gasteiger partial charge in [-0.3, -0.25) is 4.79 Å². The van der Waals surface area contributed by atoms with Gasteiger partial charge in [0.25, 0.3) is 5.91 Å². The molecule has 0 atom stereocenters. The van der Waals surface area contributed by atoms with Crippen LogP contribution in [0.4, 0.5) is 0 Å². The molecule has 3 heteroatoms. The van der Waals surface area contributed by atoms with Crippen molar-refractivity contribution in [2.24, 2.45) is 5.92 Å². The molecule has 0 bridgehead atoms. The van der Waals surface area contributed by atoms with E-state index in [1.165, 1.54) is 11.3 Å². The lowest BCUT2D eigenvalue weighted by Crippen LogP contribution is -2.26. The second kappa shape index (κ2) is 4.42. The number of nitrogens with one attached hydrogen (secondary N) is 1. The van der Waals surface area contributed by atoms with Crippen LogP contribution in [-0.4, -0.2) is 12.5 Å². The van der Waals surface area contributed by atoms with Gasteiger partial charge in [0.05, 0.1) is 4.88 Å². The van der Waals surface area contributed by atoms with Crippen LogP contribution < -0.4 is 5.32 Å². The van der Waals surface area contributed by atoms with Crippen LogP contribution in [0.2, 0.25) is 0 Å². The van der Waals surface area contributed by atoms with Gasteiger partial charge in [-0.15, -0.1) is 11.3 Å². The Bertz CT molecular complexity index is 291. The fraction of sp³-hybridized carbons (Fsp3) is 0.500. The summed E-state index contributed by atoms with van der Waals surface area (Å²) in [4.78, 5) is 12.3. The Morgan fingerprint density at radius 2 is 2.31 bits per heavy atom. The summed E-state index contributed by atoms with van der Waals surface area (Å²) in [6, 6.07) is 1.92. The van der Waals surface area contributed by atoms with Gasteiger partial charge >= 0.3 is 0 Å². The van der Waals surface area contributed by atoms with Crippen LogP contribution >= 0.6 is 11.3 Å². The number of hydrogen-bond donors (Lipinski definition) is 1. The summed E-state index contributed by atoms with van der Waals surface area (Å²) in [5, 5.41) is 4.87. The van der Waals surface area contributed by atoms with E-state index in [1.54, 1.807) is 0 Å². The second-order valence-corrected chi connectivity index (χ2v) is 4.50. The third-order valence-electron chi connectivity index (χ3n) is 1.63. The average molecular weight is 197 g/mol. The highest BCUT2D eigenvalue weighted by atomic mass is 32.1. The van der Waals surface area contributed by atoms with Crippen molar-refractivity contribution in [1.29, 1.82) is 0 Å². The first-order valence-corrected chi connectivity index (χ1v) is 5.31. The summed E-state index contributed by atoms with van der Waals surface area (Å²) < 4.78 is 0. The van der Waals surface area contributed by atoms with Crippen molar-refractivity contribution in [2.75, 3.05) is 6.54 Å². The van der Waals surface area contributed by atoms with E-state index < -0.39 is 0 Å². The molecule has 13 heavy (non-hydrogen) atoms. The second-order valence-electron chi connectivity index (χ2n) is 3.59. The predicted molar refractivity (Wildman–Crippen MR) is 56.2 cm³/mol. The number of carbonyl (C=O) groups excluding carboxylic acids is 1. The molecule has 1 N–H and O–H groups in total. The number of thiophene rings is 1. The Kier molecular flexibility index (Phi) is 3.48. The Balaban J connectivity index is 2.49. The van der Waals surface area contributed by atoms with E-state index in [-0.39, 0.29) is 5.91 Å². The standard InChI is InChI=1S/C10H15NOS/c1-7(2)5-11-10(12)9-4-8(3)6-13-9/h4,6-7H,5H2,1-3H3,(H,11,12). The third-order valence-corrected chi connectivity index (χ3v) is 2.67. The molecular formula is C10H15NOS. The number of carbonyl (C=O) groups is 1. The van der Waals surface area contributed by atoms with Crippen LogP contribution in [0.3, 0.4) is 0 Å². The number of aryl methyl sites for hydroxylation is 1. The zero-order valence-electron chi connectivity index (χ0n) is 8.26. The lowest BCUT2D eigenvalue weighted by atomic mass is 10.2. The monoisotopic (exact) mass is 197 g/mol. The van der Waals surface area contributed by atoms with Gasteiger partial charge in [-0.05, 0) is 29.9 Å². The van der Waals surface area contributed by atoms with Crippen LogP contribution in [-0.2, 0) is 0 Å². The molecule has 0 unspecified atom stereocenters. The summed E-state index contributed by atoms with van der Waals surface area (Å²) in [5.74, 6) is 0.553. The molecule has 1 heterocycles. The van der Waals surface area contributed by atoms with Gasteiger partial charge in [-0.2, -0.15) is 0 Å². The van der Waals surface area contributed by atoms with Crippen LogP contribution in [0.1, 0.15) is 29.1 Å².